The second kappa shape index (κ2) is 7.90. The Bertz CT molecular complexity index is 920. The quantitative estimate of drug-likeness (QED) is 0.799. The summed E-state index contributed by atoms with van der Waals surface area (Å²) in [7, 11) is 3.52. The predicted octanol–water partition coefficient (Wildman–Crippen LogP) is 2.58. The summed E-state index contributed by atoms with van der Waals surface area (Å²) >= 11 is 0. The highest BCUT2D eigenvalue weighted by molar-refractivity contribution is 5.93. The van der Waals surface area contributed by atoms with Crippen molar-refractivity contribution in [2.75, 3.05) is 33.7 Å². The van der Waals surface area contributed by atoms with Gasteiger partial charge in [-0.1, -0.05) is 30.2 Å². The molecular formula is C24H27N3O2. The molecule has 150 valence electrons. The number of amides is 1. The average molecular weight is 389 g/mol. The van der Waals surface area contributed by atoms with E-state index in [9.17, 15) is 9.90 Å². The number of rotatable bonds is 5. The van der Waals surface area contributed by atoms with Crippen molar-refractivity contribution in [3.05, 3.63) is 65.2 Å². The van der Waals surface area contributed by atoms with Crippen LogP contribution in [0.25, 0.3) is 0 Å². The second-order valence-electron chi connectivity index (χ2n) is 8.21. The number of carbonyl (C=O) groups is 1. The van der Waals surface area contributed by atoms with E-state index in [0.717, 1.165) is 24.2 Å². The number of hydrogen-bond acceptors (Lipinski definition) is 4. The van der Waals surface area contributed by atoms with Gasteiger partial charge >= 0.3 is 0 Å². The summed E-state index contributed by atoms with van der Waals surface area (Å²) in [6, 6.07) is 16.3. The molecule has 0 aromatic heterocycles. The van der Waals surface area contributed by atoms with E-state index in [4.69, 9.17) is 6.42 Å². The number of piperazine rings is 1. The molecule has 1 N–H and O–H groups in total. The average Bonchev–Trinajstić information content (AvgIpc) is 2.71. The van der Waals surface area contributed by atoms with Crippen LogP contribution in [0.15, 0.2) is 48.5 Å². The number of piperidine rings is 1. The summed E-state index contributed by atoms with van der Waals surface area (Å²) < 4.78 is 0. The molecule has 3 unspecified atom stereocenters. The van der Waals surface area contributed by atoms with Gasteiger partial charge in [-0.15, -0.1) is 6.42 Å². The van der Waals surface area contributed by atoms with Crippen molar-refractivity contribution in [2.24, 2.45) is 0 Å². The maximum Gasteiger partial charge on any atom is 0.253 e. The molecule has 3 aliphatic heterocycles. The summed E-state index contributed by atoms with van der Waals surface area (Å²) in [6.45, 7) is 2.62. The number of hydrogen-bond donors (Lipinski definition) is 1. The Kier molecular flexibility index (Phi) is 5.31. The van der Waals surface area contributed by atoms with Crippen LogP contribution in [0.2, 0.25) is 0 Å². The molecule has 3 atom stereocenters. The molecule has 3 heterocycles. The molecule has 1 amide bonds. The molecular weight excluding hydrogens is 362 g/mol. The van der Waals surface area contributed by atoms with Crippen molar-refractivity contribution < 1.29 is 9.90 Å². The number of nitrogens with zero attached hydrogens (tertiary/aromatic N) is 3. The van der Waals surface area contributed by atoms with Gasteiger partial charge in [0, 0.05) is 44.8 Å². The Morgan fingerprint density at radius 2 is 1.86 bits per heavy atom. The Morgan fingerprint density at radius 3 is 2.45 bits per heavy atom. The van der Waals surface area contributed by atoms with Crippen molar-refractivity contribution >= 4 is 5.91 Å². The fourth-order valence-corrected chi connectivity index (χ4v) is 4.70. The summed E-state index contributed by atoms with van der Waals surface area (Å²) in [5.41, 5.74) is 2.88. The van der Waals surface area contributed by atoms with Crippen molar-refractivity contribution in [3.8, 4) is 18.1 Å². The number of terminal acetylenes is 1. The smallest absolute Gasteiger partial charge is 0.253 e. The molecule has 5 rings (SSSR count). The third-order valence-electron chi connectivity index (χ3n) is 6.00. The minimum atomic E-state index is -0.00352. The summed E-state index contributed by atoms with van der Waals surface area (Å²) in [5, 5.41) is 10.1. The molecule has 3 aliphatic rings. The second-order valence-corrected chi connectivity index (χ2v) is 8.21. The predicted molar refractivity (Wildman–Crippen MR) is 114 cm³/mol. The van der Waals surface area contributed by atoms with E-state index in [0.29, 0.717) is 24.2 Å². The van der Waals surface area contributed by atoms with E-state index in [-0.39, 0.29) is 17.7 Å². The van der Waals surface area contributed by atoms with Crippen molar-refractivity contribution in [2.45, 2.75) is 24.5 Å². The van der Waals surface area contributed by atoms with Crippen molar-refractivity contribution in [1.29, 1.82) is 0 Å². The zero-order valence-electron chi connectivity index (χ0n) is 17.0. The third-order valence-corrected chi connectivity index (χ3v) is 6.00. The van der Waals surface area contributed by atoms with E-state index in [1.165, 1.54) is 6.42 Å². The van der Waals surface area contributed by atoms with Gasteiger partial charge in [-0.3, -0.25) is 14.6 Å². The number of carbonyl (C=O) groups excluding carboxylic acids is 1. The molecule has 0 aliphatic carbocycles. The lowest BCUT2D eigenvalue weighted by Crippen LogP contribution is -2.69. The molecule has 2 aromatic carbocycles. The molecule has 0 radical (unpaired) electrons. The summed E-state index contributed by atoms with van der Waals surface area (Å²) in [6.07, 6.45) is 6.68. The lowest BCUT2D eigenvalue weighted by molar-refractivity contribution is -0.0844. The fraction of sp³-hybridized carbons (Fsp3) is 0.375. The Morgan fingerprint density at radius 1 is 1.17 bits per heavy atom. The van der Waals surface area contributed by atoms with Crippen molar-refractivity contribution in [1.82, 2.24) is 14.7 Å². The van der Waals surface area contributed by atoms with Gasteiger partial charge in [-0.2, -0.15) is 0 Å². The van der Waals surface area contributed by atoms with Gasteiger partial charge in [0.05, 0.1) is 12.6 Å². The first-order valence-corrected chi connectivity index (χ1v) is 10.0. The van der Waals surface area contributed by atoms with Crippen molar-refractivity contribution in [3.63, 3.8) is 0 Å². The molecule has 3 fully saturated rings. The maximum absolute atomic E-state index is 12.3. The van der Waals surface area contributed by atoms with Crippen LogP contribution in [0.3, 0.4) is 0 Å². The monoisotopic (exact) mass is 389 g/mol. The number of phenolic OH excluding ortho intramolecular Hbond substituents is 1. The standard InChI is InChI=1S/C24H27N3O2/c1-4-12-26-15-20-14-21(16-26)27(20)23(19-6-5-7-22(28)13-19)17-8-10-18(11-9-17)24(29)25(2)3/h1,5-11,13,20-21,23,28H,12,14-16H2,2-3H3. The van der Waals surface area contributed by atoms with Gasteiger partial charge in [-0.25, -0.2) is 0 Å². The van der Waals surface area contributed by atoms with Crippen LogP contribution < -0.4 is 0 Å². The van der Waals surface area contributed by atoms with E-state index >= 15 is 0 Å². The third kappa shape index (κ3) is 3.74. The Hall–Kier alpha value is -2.81. The number of fused-ring (bicyclic) bond motifs is 2. The summed E-state index contributed by atoms with van der Waals surface area (Å²) in [5.74, 6) is 3.02. The van der Waals surface area contributed by atoms with Crippen LogP contribution in [0.4, 0.5) is 0 Å². The zero-order valence-corrected chi connectivity index (χ0v) is 17.0. The normalized spacial score (nSPS) is 22.4. The summed E-state index contributed by atoms with van der Waals surface area (Å²) in [4.78, 5) is 18.7. The molecule has 5 heteroatoms. The highest BCUT2D eigenvalue weighted by Gasteiger charge is 2.48. The fourth-order valence-electron chi connectivity index (χ4n) is 4.70. The maximum atomic E-state index is 12.3. The van der Waals surface area contributed by atoms with Crippen LogP contribution in [0, 0.1) is 12.3 Å². The molecule has 0 spiro atoms. The van der Waals surface area contributed by atoms with Crippen LogP contribution in [0.5, 0.6) is 5.75 Å². The van der Waals surface area contributed by atoms with Gasteiger partial charge in [0.25, 0.3) is 5.91 Å². The number of aromatic hydroxyl groups is 1. The topological polar surface area (TPSA) is 47.0 Å². The first-order valence-electron chi connectivity index (χ1n) is 10.0. The minimum absolute atomic E-state index is 0.00352. The lowest BCUT2D eigenvalue weighted by Gasteiger charge is -2.59. The van der Waals surface area contributed by atoms with Gasteiger partial charge in [0.15, 0.2) is 0 Å². The van der Waals surface area contributed by atoms with Gasteiger partial charge in [-0.05, 0) is 41.8 Å². The minimum Gasteiger partial charge on any atom is -0.508 e. The van der Waals surface area contributed by atoms with Crippen LogP contribution in [-0.4, -0.2) is 71.5 Å². The molecule has 5 nitrogen and oxygen atoms in total. The number of benzene rings is 2. The van der Waals surface area contributed by atoms with E-state index in [1.54, 1.807) is 25.1 Å². The van der Waals surface area contributed by atoms with Gasteiger partial charge < -0.3 is 10.0 Å². The zero-order chi connectivity index (χ0) is 20.5. The Labute approximate surface area is 172 Å². The molecule has 0 saturated carbocycles. The highest BCUT2D eigenvalue weighted by Crippen LogP contribution is 2.43. The molecule has 2 aromatic rings. The van der Waals surface area contributed by atoms with Crippen LogP contribution >= 0.6 is 0 Å². The largest absolute Gasteiger partial charge is 0.508 e. The van der Waals surface area contributed by atoms with Crippen LogP contribution in [0.1, 0.15) is 33.9 Å². The van der Waals surface area contributed by atoms with E-state index in [1.807, 2.05) is 36.4 Å². The SMILES string of the molecule is C#CCN1CC2CC(C1)N2C(c1ccc(C(=O)N(C)C)cc1)c1cccc(O)c1. The lowest BCUT2D eigenvalue weighted by atomic mass is 9.81. The van der Waals surface area contributed by atoms with E-state index in [2.05, 4.69) is 21.8 Å². The van der Waals surface area contributed by atoms with Gasteiger partial charge in [0.1, 0.15) is 5.75 Å². The highest BCUT2D eigenvalue weighted by atomic mass is 16.3. The van der Waals surface area contributed by atoms with Crippen LogP contribution in [-0.2, 0) is 0 Å². The molecule has 3 saturated heterocycles. The molecule has 29 heavy (non-hydrogen) atoms. The first-order chi connectivity index (χ1) is 14.0. The Balaban J connectivity index is 1.66. The van der Waals surface area contributed by atoms with E-state index < -0.39 is 0 Å². The molecule has 2 bridgehead atoms. The first kappa shape index (κ1) is 19.5. The van der Waals surface area contributed by atoms with Gasteiger partial charge in [0.2, 0.25) is 0 Å². The number of phenols is 1.